The second kappa shape index (κ2) is 8.79. The van der Waals surface area contributed by atoms with Crippen LogP contribution in [0.25, 0.3) is 0 Å². The van der Waals surface area contributed by atoms with Gasteiger partial charge in [0.1, 0.15) is 0 Å². The van der Waals surface area contributed by atoms with Gasteiger partial charge in [-0.15, -0.1) is 0 Å². The van der Waals surface area contributed by atoms with Gasteiger partial charge in [0.15, 0.2) is 11.5 Å². The van der Waals surface area contributed by atoms with Gasteiger partial charge in [0.2, 0.25) is 0 Å². The van der Waals surface area contributed by atoms with Crippen molar-refractivity contribution in [2.45, 2.75) is 51.0 Å². The van der Waals surface area contributed by atoms with E-state index in [0.717, 1.165) is 24.5 Å². The lowest BCUT2D eigenvalue weighted by Gasteiger charge is -2.45. The summed E-state index contributed by atoms with van der Waals surface area (Å²) in [5, 5.41) is 0. The van der Waals surface area contributed by atoms with Gasteiger partial charge in [0.25, 0.3) is 0 Å². The van der Waals surface area contributed by atoms with Crippen molar-refractivity contribution in [3.63, 3.8) is 0 Å². The smallest absolute Gasteiger partial charge is 0.160 e. The highest BCUT2D eigenvalue weighted by molar-refractivity contribution is 5.43. The number of hydrogen-bond donors (Lipinski definition) is 0. The zero-order chi connectivity index (χ0) is 19.3. The molecule has 3 heteroatoms. The predicted octanol–water partition coefficient (Wildman–Crippen LogP) is 5.35. The molecule has 1 fully saturated rings. The first-order valence-electron chi connectivity index (χ1n) is 10.1. The standard InChI is InChI=1S/C24H33NO2/c1-19-8-11-21(12-9-19)24(15-6-5-7-16-24)25(2)17-14-20-10-13-22(26-3)23(18-20)27-4/h8-13,18H,5-7,14-17H2,1-4H3. The number of rotatable bonds is 7. The van der Waals surface area contributed by atoms with Crippen LogP contribution in [0.2, 0.25) is 0 Å². The molecule has 3 nitrogen and oxygen atoms in total. The maximum Gasteiger partial charge on any atom is 0.160 e. The van der Waals surface area contributed by atoms with E-state index in [0.29, 0.717) is 0 Å². The zero-order valence-electron chi connectivity index (χ0n) is 17.3. The van der Waals surface area contributed by atoms with E-state index < -0.39 is 0 Å². The molecule has 0 bridgehead atoms. The number of likely N-dealkylation sites (N-methyl/N-ethyl adjacent to an activating group) is 1. The van der Waals surface area contributed by atoms with Crippen LogP contribution >= 0.6 is 0 Å². The van der Waals surface area contributed by atoms with Crippen molar-refractivity contribution in [3.8, 4) is 11.5 Å². The summed E-state index contributed by atoms with van der Waals surface area (Å²) >= 11 is 0. The van der Waals surface area contributed by atoms with Crippen LogP contribution in [0.4, 0.5) is 0 Å². The number of benzene rings is 2. The van der Waals surface area contributed by atoms with Gasteiger partial charge in [-0.2, -0.15) is 0 Å². The molecule has 3 rings (SSSR count). The highest BCUT2D eigenvalue weighted by atomic mass is 16.5. The normalized spacial score (nSPS) is 16.3. The second-order valence-corrected chi connectivity index (χ2v) is 7.82. The molecule has 0 atom stereocenters. The Kier molecular flexibility index (Phi) is 6.43. The van der Waals surface area contributed by atoms with Crippen molar-refractivity contribution < 1.29 is 9.47 Å². The Balaban J connectivity index is 1.77. The third kappa shape index (κ3) is 4.30. The fourth-order valence-electron chi connectivity index (χ4n) is 4.44. The lowest BCUT2D eigenvalue weighted by Crippen LogP contribution is -2.46. The van der Waals surface area contributed by atoms with Gasteiger partial charge >= 0.3 is 0 Å². The van der Waals surface area contributed by atoms with E-state index in [2.05, 4.69) is 55.3 Å². The van der Waals surface area contributed by atoms with Crippen LogP contribution < -0.4 is 9.47 Å². The Morgan fingerprint density at radius 3 is 2.19 bits per heavy atom. The van der Waals surface area contributed by atoms with E-state index in [4.69, 9.17) is 9.47 Å². The Morgan fingerprint density at radius 2 is 1.56 bits per heavy atom. The van der Waals surface area contributed by atoms with Crippen LogP contribution in [-0.4, -0.2) is 32.7 Å². The van der Waals surface area contributed by atoms with Gasteiger partial charge in [-0.05, 0) is 56.5 Å². The van der Waals surface area contributed by atoms with Gasteiger partial charge in [-0.3, -0.25) is 4.90 Å². The first-order valence-corrected chi connectivity index (χ1v) is 10.1. The molecule has 0 spiro atoms. The molecule has 1 aliphatic rings. The summed E-state index contributed by atoms with van der Waals surface area (Å²) < 4.78 is 10.8. The summed E-state index contributed by atoms with van der Waals surface area (Å²) in [6.07, 6.45) is 7.49. The summed E-state index contributed by atoms with van der Waals surface area (Å²) in [5.74, 6) is 1.60. The van der Waals surface area contributed by atoms with E-state index in [1.165, 1.54) is 48.8 Å². The Bertz CT molecular complexity index is 733. The predicted molar refractivity (Wildman–Crippen MR) is 112 cm³/mol. The zero-order valence-corrected chi connectivity index (χ0v) is 17.3. The lowest BCUT2D eigenvalue weighted by molar-refractivity contribution is 0.0735. The van der Waals surface area contributed by atoms with Crippen LogP contribution in [-0.2, 0) is 12.0 Å². The third-order valence-electron chi connectivity index (χ3n) is 6.18. The van der Waals surface area contributed by atoms with Gasteiger partial charge < -0.3 is 9.47 Å². The van der Waals surface area contributed by atoms with Crippen molar-refractivity contribution in [2.24, 2.45) is 0 Å². The molecule has 2 aromatic carbocycles. The number of aryl methyl sites for hydroxylation is 1. The topological polar surface area (TPSA) is 21.7 Å². The van der Waals surface area contributed by atoms with Crippen molar-refractivity contribution in [1.82, 2.24) is 4.90 Å². The van der Waals surface area contributed by atoms with Crippen molar-refractivity contribution >= 4 is 0 Å². The minimum Gasteiger partial charge on any atom is -0.493 e. The molecule has 1 saturated carbocycles. The van der Waals surface area contributed by atoms with Crippen molar-refractivity contribution in [1.29, 1.82) is 0 Å². The third-order valence-corrected chi connectivity index (χ3v) is 6.18. The first kappa shape index (κ1) is 19.8. The van der Waals surface area contributed by atoms with Crippen LogP contribution in [0, 0.1) is 6.92 Å². The summed E-state index contributed by atoms with van der Waals surface area (Å²) in [7, 11) is 5.67. The maximum absolute atomic E-state index is 5.46. The van der Waals surface area contributed by atoms with E-state index >= 15 is 0 Å². The van der Waals surface area contributed by atoms with E-state index in [1.807, 2.05) is 6.07 Å². The Labute approximate surface area is 164 Å². The second-order valence-electron chi connectivity index (χ2n) is 7.82. The average molecular weight is 368 g/mol. The molecule has 27 heavy (non-hydrogen) atoms. The van der Waals surface area contributed by atoms with Crippen molar-refractivity contribution in [2.75, 3.05) is 27.8 Å². The molecule has 146 valence electrons. The molecule has 0 aromatic heterocycles. The van der Waals surface area contributed by atoms with E-state index in [1.54, 1.807) is 14.2 Å². The van der Waals surface area contributed by atoms with Gasteiger partial charge in [-0.1, -0.05) is 55.2 Å². The summed E-state index contributed by atoms with van der Waals surface area (Å²) in [6.45, 7) is 3.20. The molecule has 0 amide bonds. The fourth-order valence-corrected chi connectivity index (χ4v) is 4.44. The quantitative estimate of drug-likeness (QED) is 0.659. The highest BCUT2D eigenvalue weighted by Crippen LogP contribution is 2.42. The lowest BCUT2D eigenvalue weighted by atomic mass is 9.75. The molecule has 1 aliphatic carbocycles. The minimum absolute atomic E-state index is 0.169. The molecule has 0 N–H and O–H groups in total. The molecular formula is C24H33NO2. The highest BCUT2D eigenvalue weighted by Gasteiger charge is 2.37. The van der Waals surface area contributed by atoms with E-state index in [9.17, 15) is 0 Å². The van der Waals surface area contributed by atoms with E-state index in [-0.39, 0.29) is 5.54 Å². The number of ether oxygens (including phenoxy) is 2. The maximum atomic E-state index is 5.46. The minimum atomic E-state index is 0.169. The van der Waals surface area contributed by atoms with Crippen molar-refractivity contribution in [3.05, 3.63) is 59.2 Å². The van der Waals surface area contributed by atoms with Gasteiger partial charge in [-0.25, -0.2) is 0 Å². The molecule has 0 heterocycles. The molecular weight excluding hydrogens is 334 g/mol. The number of hydrogen-bond acceptors (Lipinski definition) is 3. The SMILES string of the molecule is COc1ccc(CCN(C)C2(c3ccc(C)cc3)CCCCC2)cc1OC. The number of methoxy groups -OCH3 is 2. The monoisotopic (exact) mass is 367 g/mol. The van der Waals surface area contributed by atoms with Gasteiger partial charge in [0, 0.05) is 12.1 Å². The molecule has 0 aliphatic heterocycles. The van der Waals surface area contributed by atoms with Crippen LogP contribution in [0.1, 0.15) is 48.8 Å². The Morgan fingerprint density at radius 1 is 0.889 bits per heavy atom. The van der Waals surface area contributed by atoms with Crippen LogP contribution in [0.15, 0.2) is 42.5 Å². The largest absolute Gasteiger partial charge is 0.493 e. The van der Waals surface area contributed by atoms with Gasteiger partial charge in [0.05, 0.1) is 14.2 Å². The fraction of sp³-hybridized carbons (Fsp3) is 0.500. The summed E-state index contributed by atoms with van der Waals surface area (Å²) in [5.41, 5.74) is 4.26. The summed E-state index contributed by atoms with van der Waals surface area (Å²) in [4.78, 5) is 2.59. The van der Waals surface area contributed by atoms with Crippen LogP contribution in [0.5, 0.6) is 11.5 Å². The number of nitrogens with zero attached hydrogens (tertiary/aromatic N) is 1. The first-order chi connectivity index (χ1) is 13.1. The molecule has 2 aromatic rings. The molecule has 0 saturated heterocycles. The molecule has 0 radical (unpaired) electrons. The summed E-state index contributed by atoms with van der Waals surface area (Å²) in [6, 6.07) is 15.5. The molecule has 0 unspecified atom stereocenters. The average Bonchev–Trinajstić information content (AvgIpc) is 2.72. The Hall–Kier alpha value is -2.00. The van der Waals surface area contributed by atoms with Crippen LogP contribution in [0.3, 0.4) is 0 Å².